The summed E-state index contributed by atoms with van der Waals surface area (Å²) in [7, 11) is -3.70. The second kappa shape index (κ2) is 4.63. The number of nitrogens with one attached hydrogen (secondary N) is 1. The molecule has 16 heavy (non-hydrogen) atoms. The lowest BCUT2D eigenvalue weighted by molar-refractivity contribution is 0.581. The van der Waals surface area contributed by atoms with Crippen molar-refractivity contribution >= 4 is 15.7 Å². The third kappa shape index (κ3) is 3.04. The fourth-order valence-corrected chi connectivity index (χ4v) is 2.09. The van der Waals surface area contributed by atoms with Crippen molar-refractivity contribution < 1.29 is 12.8 Å². The number of nitrogens with two attached hydrogens (primary N) is 1. The molecular formula is C10H13FN2O2S. The standard InChI is InChI=1S/C10H13FN2O2S/c1-7(2)6-13-16(14,15)8-3-4-10(12)9(11)5-8/h3-5,13H,1,6,12H2,2H3. The Morgan fingerprint density at radius 3 is 2.69 bits per heavy atom. The monoisotopic (exact) mass is 244 g/mol. The first-order chi connectivity index (χ1) is 7.33. The molecule has 0 amide bonds. The average Bonchev–Trinajstić information content (AvgIpc) is 2.19. The first-order valence-electron chi connectivity index (χ1n) is 4.52. The number of hydrogen-bond acceptors (Lipinski definition) is 3. The van der Waals surface area contributed by atoms with Crippen LogP contribution in [0.3, 0.4) is 0 Å². The minimum absolute atomic E-state index is 0.0844. The molecule has 0 radical (unpaired) electrons. The smallest absolute Gasteiger partial charge is 0.240 e. The van der Waals surface area contributed by atoms with Gasteiger partial charge in [-0.1, -0.05) is 12.2 Å². The number of hydrogen-bond donors (Lipinski definition) is 2. The Bertz CT molecular complexity index is 512. The summed E-state index contributed by atoms with van der Waals surface area (Å²) >= 11 is 0. The minimum atomic E-state index is -3.70. The quantitative estimate of drug-likeness (QED) is 0.618. The molecule has 0 heterocycles. The molecule has 0 aliphatic carbocycles. The van der Waals surface area contributed by atoms with E-state index in [4.69, 9.17) is 5.73 Å². The second-order valence-electron chi connectivity index (χ2n) is 3.46. The summed E-state index contributed by atoms with van der Waals surface area (Å²) in [6, 6.07) is 3.35. The average molecular weight is 244 g/mol. The zero-order valence-electron chi connectivity index (χ0n) is 8.83. The van der Waals surface area contributed by atoms with Gasteiger partial charge < -0.3 is 5.73 Å². The molecule has 0 aromatic heterocycles. The van der Waals surface area contributed by atoms with E-state index in [1.165, 1.54) is 12.1 Å². The van der Waals surface area contributed by atoms with Crippen LogP contribution < -0.4 is 10.5 Å². The summed E-state index contributed by atoms with van der Waals surface area (Å²) in [5, 5.41) is 0. The van der Waals surface area contributed by atoms with Crippen LogP contribution in [-0.2, 0) is 10.0 Å². The molecule has 0 saturated carbocycles. The summed E-state index contributed by atoms with van der Waals surface area (Å²) in [5.74, 6) is -0.752. The van der Waals surface area contributed by atoms with Gasteiger partial charge in [-0.05, 0) is 25.1 Å². The Morgan fingerprint density at radius 1 is 1.56 bits per heavy atom. The second-order valence-corrected chi connectivity index (χ2v) is 5.23. The Kier molecular flexibility index (Phi) is 3.66. The maximum Gasteiger partial charge on any atom is 0.240 e. The number of nitrogen functional groups attached to an aromatic ring is 1. The molecule has 0 aliphatic heterocycles. The number of rotatable bonds is 4. The Balaban J connectivity index is 2.99. The SMILES string of the molecule is C=C(C)CNS(=O)(=O)c1ccc(N)c(F)c1. The van der Waals surface area contributed by atoms with Crippen molar-refractivity contribution in [3.05, 3.63) is 36.2 Å². The van der Waals surface area contributed by atoms with Crippen molar-refractivity contribution in [1.29, 1.82) is 0 Å². The van der Waals surface area contributed by atoms with E-state index < -0.39 is 15.8 Å². The molecule has 0 fully saturated rings. The van der Waals surface area contributed by atoms with Crippen molar-refractivity contribution in [2.75, 3.05) is 12.3 Å². The van der Waals surface area contributed by atoms with E-state index >= 15 is 0 Å². The lowest BCUT2D eigenvalue weighted by Gasteiger charge is -2.07. The van der Waals surface area contributed by atoms with Crippen LogP contribution in [0.2, 0.25) is 0 Å². The molecule has 0 aliphatic rings. The highest BCUT2D eigenvalue weighted by Crippen LogP contribution is 2.15. The molecule has 4 nitrogen and oxygen atoms in total. The van der Waals surface area contributed by atoms with Gasteiger partial charge >= 0.3 is 0 Å². The molecule has 1 rings (SSSR count). The number of halogens is 1. The van der Waals surface area contributed by atoms with Gasteiger partial charge in [0.05, 0.1) is 10.6 Å². The zero-order chi connectivity index (χ0) is 12.3. The van der Waals surface area contributed by atoms with Crippen LogP contribution in [0.1, 0.15) is 6.92 Å². The summed E-state index contributed by atoms with van der Waals surface area (Å²) < 4.78 is 38.6. The molecule has 1 aromatic carbocycles. The highest BCUT2D eigenvalue weighted by atomic mass is 32.2. The van der Waals surface area contributed by atoms with Gasteiger partial charge in [0.15, 0.2) is 0 Å². The van der Waals surface area contributed by atoms with Gasteiger partial charge in [0, 0.05) is 6.54 Å². The van der Waals surface area contributed by atoms with E-state index in [2.05, 4.69) is 11.3 Å². The third-order valence-corrected chi connectivity index (χ3v) is 3.25. The molecule has 1 aromatic rings. The van der Waals surface area contributed by atoms with E-state index in [0.717, 1.165) is 6.07 Å². The third-order valence-electron chi connectivity index (χ3n) is 1.85. The van der Waals surface area contributed by atoms with Crippen LogP contribution in [-0.4, -0.2) is 15.0 Å². The van der Waals surface area contributed by atoms with E-state index in [1.54, 1.807) is 6.92 Å². The van der Waals surface area contributed by atoms with E-state index in [9.17, 15) is 12.8 Å². The van der Waals surface area contributed by atoms with E-state index in [1.807, 2.05) is 0 Å². The van der Waals surface area contributed by atoms with Gasteiger partial charge in [0.25, 0.3) is 0 Å². The Hall–Kier alpha value is -1.40. The highest BCUT2D eigenvalue weighted by Gasteiger charge is 2.14. The van der Waals surface area contributed by atoms with E-state index in [-0.39, 0.29) is 17.1 Å². The highest BCUT2D eigenvalue weighted by molar-refractivity contribution is 7.89. The normalized spacial score (nSPS) is 11.4. The van der Waals surface area contributed by atoms with Crippen LogP contribution in [0.4, 0.5) is 10.1 Å². The molecule has 0 spiro atoms. The number of anilines is 1. The minimum Gasteiger partial charge on any atom is -0.396 e. The lowest BCUT2D eigenvalue weighted by Crippen LogP contribution is -2.25. The van der Waals surface area contributed by atoms with Crippen LogP contribution in [0.5, 0.6) is 0 Å². The van der Waals surface area contributed by atoms with Crippen molar-refractivity contribution in [1.82, 2.24) is 4.72 Å². The predicted octanol–water partition coefficient (Wildman–Crippen LogP) is 1.26. The maximum absolute atomic E-state index is 13.1. The number of benzene rings is 1. The van der Waals surface area contributed by atoms with Crippen molar-refractivity contribution in [3.63, 3.8) is 0 Å². The zero-order valence-corrected chi connectivity index (χ0v) is 9.64. The fraction of sp³-hybridized carbons (Fsp3) is 0.200. The molecule has 0 saturated heterocycles. The van der Waals surface area contributed by atoms with Crippen molar-refractivity contribution in [2.24, 2.45) is 0 Å². The predicted molar refractivity (Wildman–Crippen MR) is 60.8 cm³/mol. The Labute approximate surface area is 94.0 Å². The molecule has 6 heteroatoms. The lowest BCUT2D eigenvalue weighted by atomic mass is 10.3. The van der Waals surface area contributed by atoms with Gasteiger partial charge in [-0.3, -0.25) is 0 Å². The van der Waals surface area contributed by atoms with Crippen molar-refractivity contribution in [2.45, 2.75) is 11.8 Å². The molecule has 3 N–H and O–H groups in total. The van der Waals surface area contributed by atoms with Crippen LogP contribution in [0.15, 0.2) is 35.2 Å². The van der Waals surface area contributed by atoms with Crippen molar-refractivity contribution in [3.8, 4) is 0 Å². The Morgan fingerprint density at radius 2 is 2.19 bits per heavy atom. The maximum atomic E-state index is 13.1. The largest absolute Gasteiger partial charge is 0.396 e. The molecule has 0 bridgehead atoms. The molecular weight excluding hydrogens is 231 g/mol. The summed E-state index contributed by atoms with van der Waals surface area (Å²) in [4.78, 5) is -0.152. The fourth-order valence-electron chi connectivity index (χ4n) is 0.977. The van der Waals surface area contributed by atoms with Gasteiger partial charge in [-0.2, -0.15) is 0 Å². The molecule has 88 valence electrons. The van der Waals surface area contributed by atoms with Gasteiger partial charge in [0.1, 0.15) is 5.82 Å². The summed E-state index contributed by atoms with van der Waals surface area (Å²) in [6.07, 6.45) is 0. The van der Waals surface area contributed by atoms with Crippen LogP contribution >= 0.6 is 0 Å². The summed E-state index contributed by atoms with van der Waals surface area (Å²) in [5.41, 5.74) is 5.83. The first kappa shape index (κ1) is 12.7. The van der Waals surface area contributed by atoms with Gasteiger partial charge in [-0.25, -0.2) is 17.5 Å². The topological polar surface area (TPSA) is 72.2 Å². The van der Waals surface area contributed by atoms with Gasteiger partial charge in [0.2, 0.25) is 10.0 Å². The van der Waals surface area contributed by atoms with Crippen LogP contribution in [0.25, 0.3) is 0 Å². The first-order valence-corrected chi connectivity index (χ1v) is 6.00. The molecule has 0 unspecified atom stereocenters. The van der Waals surface area contributed by atoms with Gasteiger partial charge in [-0.15, -0.1) is 0 Å². The summed E-state index contributed by atoms with van der Waals surface area (Å²) in [6.45, 7) is 5.37. The van der Waals surface area contributed by atoms with E-state index in [0.29, 0.717) is 5.57 Å². The van der Waals surface area contributed by atoms with Crippen LogP contribution in [0, 0.1) is 5.82 Å². The molecule has 0 atom stereocenters. The number of sulfonamides is 1.